The van der Waals surface area contributed by atoms with Crippen LogP contribution in [0.1, 0.15) is 47.5 Å². The first-order valence-electron chi connectivity index (χ1n) is 9.17. The molecule has 3 aliphatic rings. The quantitative estimate of drug-likeness (QED) is 0.337. The number of allylic oxidation sites excluding steroid dienone is 1. The van der Waals surface area contributed by atoms with Crippen LogP contribution in [0.15, 0.2) is 22.8 Å². The molecular weight excluding hydrogens is 352 g/mol. The number of cyclic esters (lactones) is 1. The van der Waals surface area contributed by atoms with Crippen molar-refractivity contribution < 1.29 is 33.7 Å². The van der Waals surface area contributed by atoms with E-state index in [0.29, 0.717) is 0 Å². The maximum atomic E-state index is 12.5. The highest BCUT2D eigenvalue weighted by Crippen LogP contribution is 2.63. The van der Waals surface area contributed by atoms with Gasteiger partial charge in [-0.05, 0) is 39.5 Å². The van der Waals surface area contributed by atoms with Crippen LogP contribution in [-0.4, -0.2) is 47.4 Å². The number of epoxide rings is 1. The highest BCUT2D eigenvalue weighted by Gasteiger charge is 2.74. The van der Waals surface area contributed by atoms with Gasteiger partial charge in [-0.2, -0.15) is 0 Å². The molecule has 27 heavy (non-hydrogen) atoms. The molecule has 2 heterocycles. The second-order valence-electron chi connectivity index (χ2n) is 8.16. The van der Waals surface area contributed by atoms with E-state index in [1.807, 2.05) is 13.8 Å². The van der Waals surface area contributed by atoms with E-state index in [2.05, 4.69) is 0 Å². The van der Waals surface area contributed by atoms with Gasteiger partial charge >= 0.3 is 11.9 Å². The van der Waals surface area contributed by atoms with E-state index in [9.17, 15) is 19.5 Å². The summed E-state index contributed by atoms with van der Waals surface area (Å²) < 4.78 is 16.5. The molecule has 1 aliphatic carbocycles. The van der Waals surface area contributed by atoms with Crippen molar-refractivity contribution in [3.8, 4) is 0 Å². The predicted octanol–water partition coefficient (Wildman–Crippen LogP) is 1.83. The molecule has 7 heteroatoms. The third-order valence-electron chi connectivity index (χ3n) is 6.35. The molecule has 1 N–H and O–H groups in total. The van der Waals surface area contributed by atoms with Crippen LogP contribution < -0.4 is 0 Å². The maximum Gasteiger partial charge on any atom is 0.336 e. The van der Waals surface area contributed by atoms with Crippen LogP contribution in [0.3, 0.4) is 0 Å². The van der Waals surface area contributed by atoms with E-state index in [1.54, 1.807) is 13.8 Å². The van der Waals surface area contributed by atoms with E-state index in [1.165, 1.54) is 13.0 Å². The molecule has 1 saturated carbocycles. The Morgan fingerprint density at radius 3 is 2.56 bits per heavy atom. The highest BCUT2D eigenvalue weighted by atomic mass is 16.6. The molecular formula is C20H26O7. The van der Waals surface area contributed by atoms with Crippen molar-refractivity contribution in [1.29, 1.82) is 0 Å². The molecule has 6 atom stereocenters. The highest BCUT2D eigenvalue weighted by molar-refractivity contribution is 5.92. The normalized spacial score (nSPS) is 38.6. The Morgan fingerprint density at radius 1 is 1.37 bits per heavy atom. The maximum absolute atomic E-state index is 12.5. The molecule has 0 aromatic heterocycles. The smallest absolute Gasteiger partial charge is 0.336 e. The van der Waals surface area contributed by atoms with Gasteiger partial charge in [-0.1, -0.05) is 19.4 Å². The number of esters is 2. The van der Waals surface area contributed by atoms with Crippen molar-refractivity contribution in [2.75, 3.05) is 0 Å². The van der Waals surface area contributed by atoms with Crippen molar-refractivity contribution in [3.05, 3.63) is 22.8 Å². The Balaban J connectivity index is 2.12. The molecule has 0 bridgehead atoms. The topological polar surface area (TPSA) is 102 Å². The summed E-state index contributed by atoms with van der Waals surface area (Å²) in [6.45, 7) is 8.82. The van der Waals surface area contributed by atoms with E-state index >= 15 is 0 Å². The van der Waals surface area contributed by atoms with Crippen LogP contribution in [0.2, 0.25) is 0 Å². The minimum Gasteiger partial charge on any atom is -0.454 e. The second kappa shape index (κ2) is 6.56. The summed E-state index contributed by atoms with van der Waals surface area (Å²) in [7, 11) is 0. The number of aliphatic hydroxyl groups is 1. The van der Waals surface area contributed by atoms with Crippen LogP contribution in [0.5, 0.6) is 0 Å². The molecule has 0 radical (unpaired) electrons. The van der Waals surface area contributed by atoms with E-state index < -0.39 is 35.3 Å². The zero-order valence-corrected chi connectivity index (χ0v) is 16.3. The second-order valence-corrected chi connectivity index (χ2v) is 8.16. The largest absolute Gasteiger partial charge is 0.454 e. The average Bonchev–Trinajstić information content (AvgIpc) is 3.27. The Hall–Kier alpha value is -1.99. The van der Waals surface area contributed by atoms with Crippen LogP contribution in [-0.2, 0) is 28.6 Å². The molecule has 0 spiro atoms. The molecule has 0 aromatic carbocycles. The Bertz CT molecular complexity index is 747. The van der Waals surface area contributed by atoms with Crippen molar-refractivity contribution in [3.63, 3.8) is 0 Å². The molecule has 1 saturated heterocycles. The van der Waals surface area contributed by atoms with Crippen LogP contribution in [0.25, 0.3) is 0 Å². The Morgan fingerprint density at radius 2 is 2.04 bits per heavy atom. The lowest BCUT2D eigenvalue weighted by Crippen LogP contribution is -2.57. The molecule has 0 amide bonds. The fourth-order valence-corrected chi connectivity index (χ4v) is 4.51. The number of carbonyl (C=O) groups excluding carboxylic acids is 3. The molecule has 2 fully saturated rings. The molecule has 148 valence electrons. The molecule has 0 aromatic rings. The van der Waals surface area contributed by atoms with Gasteiger partial charge in [0.1, 0.15) is 6.10 Å². The number of ether oxygens (including phenoxy) is 3. The van der Waals surface area contributed by atoms with Gasteiger partial charge in [0.25, 0.3) is 0 Å². The number of hydrogen-bond donors (Lipinski definition) is 1. The van der Waals surface area contributed by atoms with Gasteiger partial charge in [-0.3, -0.25) is 4.79 Å². The first-order valence-corrected chi connectivity index (χ1v) is 9.17. The molecule has 0 unspecified atom stereocenters. The van der Waals surface area contributed by atoms with Gasteiger partial charge < -0.3 is 19.3 Å². The summed E-state index contributed by atoms with van der Waals surface area (Å²) in [6.07, 6.45) is 0.806. The van der Waals surface area contributed by atoms with Crippen LogP contribution in [0, 0.1) is 11.3 Å². The predicted molar refractivity (Wildman–Crippen MR) is 94.3 cm³/mol. The lowest BCUT2D eigenvalue weighted by atomic mass is 9.57. The molecule has 3 rings (SSSR count). The average molecular weight is 378 g/mol. The third-order valence-corrected chi connectivity index (χ3v) is 6.35. The summed E-state index contributed by atoms with van der Waals surface area (Å²) in [5, 5.41) is 10.3. The third kappa shape index (κ3) is 2.84. The Labute approximate surface area is 158 Å². The monoisotopic (exact) mass is 378 g/mol. The fourth-order valence-electron chi connectivity index (χ4n) is 4.51. The first-order chi connectivity index (χ1) is 12.6. The minimum atomic E-state index is -1.52. The summed E-state index contributed by atoms with van der Waals surface area (Å²) in [5.41, 5.74) is -0.943. The SMILES string of the molecule is CC(C)=CC(=O)O[C@H](C1=C(C)C(=O)O[C@H]1O)[C@]1(C)[C@@H](C)CC[C@H]2O[C@]21C=O. The van der Waals surface area contributed by atoms with E-state index in [0.717, 1.165) is 24.7 Å². The molecule has 7 nitrogen and oxygen atoms in total. The van der Waals surface area contributed by atoms with E-state index in [-0.39, 0.29) is 23.2 Å². The van der Waals surface area contributed by atoms with Crippen molar-refractivity contribution >= 4 is 18.2 Å². The van der Waals surface area contributed by atoms with Gasteiger partial charge in [0, 0.05) is 22.6 Å². The standard InChI is InChI=1S/C20H26O7/c1-10(2)8-14(22)25-16(15-12(4)17(23)26-18(15)24)19(5)11(3)6-7-13-20(19,9-21)27-13/h8-9,11,13,16,18,24H,6-7H2,1-5H3/t11-,13+,16+,18+,19-,20+/m0/s1. The molecule has 2 aliphatic heterocycles. The number of aliphatic hydroxyl groups excluding tert-OH is 1. The summed E-state index contributed by atoms with van der Waals surface area (Å²) >= 11 is 0. The summed E-state index contributed by atoms with van der Waals surface area (Å²) in [4.78, 5) is 36.5. The number of fused-ring (bicyclic) bond motifs is 1. The van der Waals surface area contributed by atoms with Gasteiger partial charge in [-0.25, -0.2) is 9.59 Å². The number of carbonyl (C=O) groups is 3. The first kappa shape index (κ1) is 19.8. The van der Waals surface area contributed by atoms with Crippen LogP contribution in [0.4, 0.5) is 0 Å². The van der Waals surface area contributed by atoms with Crippen LogP contribution >= 0.6 is 0 Å². The Kier molecular flexibility index (Phi) is 4.80. The minimum absolute atomic E-state index is 0.0610. The fraction of sp³-hybridized carbons (Fsp3) is 0.650. The number of aldehydes is 1. The number of hydrogen-bond acceptors (Lipinski definition) is 7. The van der Waals surface area contributed by atoms with Gasteiger partial charge in [-0.15, -0.1) is 0 Å². The van der Waals surface area contributed by atoms with Crippen molar-refractivity contribution in [2.24, 2.45) is 11.3 Å². The zero-order chi connectivity index (χ0) is 20.1. The van der Waals surface area contributed by atoms with Crippen molar-refractivity contribution in [2.45, 2.75) is 71.6 Å². The van der Waals surface area contributed by atoms with E-state index in [4.69, 9.17) is 14.2 Å². The zero-order valence-electron chi connectivity index (χ0n) is 16.3. The van der Waals surface area contributed by atoms with Gasteiger partial charge in [0.15, 0.2) is 11.9 Å². The van der Waals surface area contributed by atoms with Gasteiger partial charge in [0.05, 0.1) is 6.10 Å². The summed E-state index contributed by atoms with van der Waals surface area (Å²) in [6, 6.07) is 0. The summed E-state index contributed by atoms with van der Waals surface area (Å²) in [5.74, 6) is -1.33. The lowest BCUT2D eigenvalue weighted by Gasteiger charge is -2.46. The van der Waals surface area contributed by atoms with Gasteiger partial charge in [0.2, 0.25) is 6.29 Å². The number of rotatable bonds is 5. The lowest BCUT2D eigenvalue weighted by molar-refractivity contribution is -0.163. The van der Waals surface area contributed by atoms with Crippen molar-refractivity contribution in [1.82, 2.24) is 0 Å².